The molecule has 0 saturated carbocycles. The van der Waals surface area contributed by atoms with E-state index in [1.165, 1.54) is 0 Å². The molecule has 0 atom stereocenters. The van der Waals surface area contributed by atoms with Crippen LogP contribution in [0.25, 0.3) is 0 Å². The van der Waals surface area contributed by atoms with E-state index in [1.807, 2.05) is 45.2 Å². The van der Waals surface area contributed by atoms with Gasteiger partial charge in [-0.3, -0.25) is 0 Å². The molecule has 0 aliphatic heterocycles. The summed E-state index contributed by atoms with van der Waals surface area (Å²) < 4.78 is 0. The van der Waals surface area contributed by atoms with Crippen molar-refractivity contribution in [2.45, 2.75) is 31.7 Å². The first-order valence-corrected chi connectivity index (χ1v) is 7.55. The number of benzene rings is 1. The summed E-state index contributed by atoms with van der Waals surface area (Å²) in [6.07, 6.45) is 2.00. The third kappa shape index (κ3) is 4.44. The molecule has 0 heterocycles. The monoisotopic (exact) mass is 282 g/mol. The lowest BCUT2D eigenvalue weighted by Crippen LogP contribution is -2.41. The lowest BCUT2D eigenvalue weighted by molar-refractivity contribution is 0.172. The molecule has 0 bridgehead atoms. The Balaban J connectivity index is 2.85. The van der Waals surface area contributed by atoms with Crippen LogP contribution in [0.1, 0.15) is 19.4 Å². The van der Waals surface area contributed by atoms with E-state index in [2.05, 4.69) is 5.32 Å². The lowest BCUT2D eigenvalue weighted by atomic mass is 10.2. The molecule has 0 fully saturated rings. The van der Waals surface area contributed by atoms with Gasteiger partial charge in [0.2, 0.25) is 0 Å². The number of nitrogens with one attached hydrogen (secondary N) is 1. The Labute approximate surface area is 119 Å². The number of anilines is 1. The van der Waals surface area contributed by atoms with Crippen LogP contribution in [0, 0.1) is 6.92 Å². The highest BCUT2D eigenvalue weighted by Crippen LogP contribution is 2.23. The van der Waals surface area contributed by atoms with Crippen molar-refractivity contribution < 1.29 is 9.90 Å². The topological polar surface area (TPSA) is 52.6 Å². The molecule has 0 aliphatic rings. The van der Waals surface area contributed by atoms with Crippen LogP contribution in [0.5, 0.6) is 0 Å². The van der Waals surface area contributed by atoms with Gasteiger partial charge in [0.05, 0.1) is 6.61 Å². The van der Waals surface area contributed by atoms with Crippen LogP contribution in [0.3, 0.4) is 0 Å². The molecule has 1 rings (SSSR count). The molecule has 0 radical (unpaired) electrons. The maximum absolute atomic E-state index is 12.2. The van der Waals surface area contributed by atoms with Crippen molar-refractivity contribution in [2.75, 3.05) is 24.7 Å². The number of aryl methyl sites for hydroxylation is 1. The number of nitrogens with zero attached hydrogens (tertiary/aromatic N) is 1. The Morgan fingerprint density at radius 1 is 1.47 bits per heavy atom. The molecule has 1 aromatic rings. The lowest BCUT2D eigenvalue weighted by Gasteiger charge is -2.26. The largest absolute Gasteiger partial charge is 0.395 e. The molecule has 5 heteroatoms. The van der Waals surface area contributed by atoms with Crippen LogP contribution in [0.15, 0.2) is 23.1 Å². The molecule has 2 N–H and O–H groups in total. The predicted molar refractivity (Wildman–Crippen MR) is 80.9 cm³/mol. The zero-order valence-electron chi connectivity index (χ0n) is 11.9. The minimum absolute atomic E-state index is 0.0323. The number of aliphatic hydroxyl groups is 1. The van der Waals surface area contributed by atoms with Crippen molar-refractivity contribution in [1.82, 2.24) is 4.90 Å². The highest BCUT2D eigenvalue weighted by Gasteiger charge is 2.17. The van der Waals surface area contributed by atoms with E-state index >= 15 is 0 Å². The van der Waals surface area contributed by atoms with Crippen LogP contribution in [-0.4, -0.2) is 41.5 Å². The summed E-state index contributed by atoms with van der Waals surface area (Å²) in [5, 5.41) is 11.9. The van der Waals surface area contributed by atoms with E-state index in [9.17, 15) is 4.79 Å². The molecule has 0 saturated heterocycles. The zero-order chi connectivity index (χ0) is 14.4. The number of thioether (sulfide) groups is 1. The summed E-state index contributed by atoms with van der Waals surface area (Å²) in [5.41, 5.74) is 1.85. The summed E-state index contributed by atoms with van der Waals surface area (Å²) in [6, 6.07) is 5.87. The minimum Gasteiger partial charge on any atom is -0.395 e. The number of aliphatic hydroxyl groups excluding tert-OH is 1. The Morgan fingerprint density at radius 3 is 2.68 bits per heavy atom. The molecule has 19 heavy (non-hydrogen) atoms. The van der Waals surface area contributed by atoms with Gasteiger partial charge in [-0.15, -0.1) is 11.8 Å². The molecule has 1 aromatic carbocycles. The number of carbonyl (C=O) groups is 1. The average molecular weight is 282 g/mol. The zero-order valence-corrected chi connectivity index (χ0v) is 12.8. The van der Waals surface area contributed by atoms with Crippen LogP contribution in [0.4, 0.5) is 10.5 Å². The summed E-state index contributed by atoms with van der Waals surface area (Å²) >= 11 is 1.64. The Hall–Kier alpha value is -1.20. The van der Waals surface area contributed by atoms with Crippen molar-refractivity contribution in [1.29, 1.82) is 0 Å². The van der Waals surface area contributed by atoms with Gasteiger partial charge in [0.15, 0.2) is 0 Å². The fraction of sp³-hybridized carbons (Fsp3) is 0.500. The fourth-order valence-corrected chi connectivity index (χ4v) is 2.19. The minimum atomic E-state index is -0.176. The van der Waals surface area contributed by atoms with Gasteiger partial charge < -0.3 is 15.3 Å². The number of hydrogen-bond acceptors (Lipinski definition) is 3. The van der Waals surface area contributed by atoms with E-state index in [0.717, 1.165) is 16.1 Å². The highest BCUT2D eigenvalue weighted by molar-refractivity contribution is 7.98. The highest BCUT2D eigenvalue weighted by atomic mass is 32.2. The number of amides is 2. The van der Waals surface area contributed by atoms with Gasteiger partial charge in [0.1, 0.15) is 0 Å². The quantitative estimate of drug-likeness (QED) is 0.816. The molecule has 0 aromatic heterocycles. The van der Waals surface area contributed by atoms with Gasteiger partial charge >= 0.3 is 6.03 Å². The van der Waals surface area contributed by atoms with Crippen LogP contribution in [-0.2, 0) is 0 Å². The van der Waals surface area contributed by atoms with Crippen LogP contribution < -0.4 is 5.32 Å². The SMILES string of the molecule is CSc1ccc(C)c(NC(=O)N(CCO)C(C)C)c1. The molecule has 0 spiro atoms. The summed E-state index contributed by atoms with van der Waals surface area (Å²) in [5.74, 6) is 0. The molecule has 106 valence electrons. The van der Waals surface area contributed by atoms with E-state index in [-0.39, 0.29) is 18.7 Å². The first-order chi connectivity index (χ1) is 8.99. The van der Waals surface area contributed by atoms with Crippen molar-refractivity contribution in [3.05, 3.63) is 23.8 Å². The van der Waals surface area contributed by atoms with Crippen molar-refractivity contribution in [3.63, 3.8) is 0 Å². The maximum atomic E-state index is 12.2. The predicted octanol–water partition coefficient (Wildman–Crippen LogP) is 2.95. The Bertz CT molecular complexity index is 435. The number of rotatable bonds is 5. The van der Waals surface area contributed by atoms with Crippen LogP contribution >= 0.6 is 11.8 Å². The first-order valence-electron chi connectivity index (χ1n) is 6.32. The first kappa shape index (κ1) is 15.9. The van der Waals surface area contributed by atoms with Crippen molar-refractivity contribution >= 4 is 23.5 Å². The molecule has 0 aliphatic carbocycles. The second kappa shape index (κ2) is 7.40. The van der Waals surface area contributed by atoms with E-state index in [4.69, 9.17) is 5.11 Å². The smallest absolute Gasteiger partial charge is 0.322 e. The Kier molecular flexibility index (Phi) is 6.18. The van der Waals surface area contributed by atoms with Gasteiger partial charge in [0, 0.05) is 23.2 Å². The van der Waals surface area contributed by atoms with Gasteiger partial charge in [-0.1, -0.05) is 6.07 Å². The molecular formula is C14H22N2O2S. The number of carbonyl (C=O) groups excluding carboxylic acids is 1. The Morgan fingerprint density at radius 2 is 2.16 bits per heavy atom. The fourth-order valence-electron chi connectivity index (χ4n) is 1.75. The summed E-state index contributed by atoms with van der Waals surface area (Å²) in [6.45, 7) is 6.13. The van der Waals surface area contributed by atoms with Gasteiger partial charge in [-0.25, -0.2) is 4.79 Å². The van der Waals surface area contributed by atoms with Crippen molar-refractivity contribution in [3.8, 4) is 0 Å². The van der Waals surface area contributed by atoms with Crippen LogP contribution in [0.2, 0.25) is 0 Å². The van der Waals surface area contributed by atoms with E-state index in [1.54, 1.807) is 16.7 Å². The van der Waals surface area contributed by atoms with Crippen molar-refractivity contribution in [2.24, 2.45) is 0 Å². The van der Waals surface area contributed by atoms with Gasteiger partial charge in [-0.05, 0) is 44.7 Å². The second-order valence-electron chi connectivity index (χ2n) is 4.62. The summed E-state index contributed by atoms with van der Waals surface area (Å²) in [4.78, 5) is 14.9. The molecular weight excluding hydrogens is 260 g/mol. The molecule has 2 amide bonds. The second-order valence-corrected chi connectivity index (χ2v) is 5.50. The number of urea groups is 1. The normalized spacial score (nSPS) is 10.6. The number of hydrogen-bond donors (Lipinski definition) is 2. The summed E-state index contributed by atoms with van der Waals surface area (Å²) in [7, 11) is 0. The van der Waals surface area contributed by atoms with E-state index < -0.39 is 0 Å². The molecule has 4 nitrogen and oxygen atoms in total. The third-order valence-corrected chi connectivity index (χ3v) is 3.64. The van der Waals surface area contributed by atoms with E-state index in [0.29, 0.717) is 6.54 Å². The van der Waals surface area contributed by atoms with Gasteiger partial charge in [-0.2, -0.15) is 0 Å². The average Bonchev–Trinajstić information content (AvgIpc) is 2.38. The molecule has 0 unspecified atom stereocenters. The standard InChI is InChI=1S/C14H22N2O2S/c1-10(2)16(7-8-17)14(18)15-13-9-12(19-4)6-5-11(13)3/h5-6,9-10,17H,7-8H2,1-4H3,(H,15,18). The van der Waals surface area contributed by atoms with Gasteiger partial charge in [0.25, 0.3) is 0 Å². The maximum Gasteiger partial charge on any atom is 0.322 e. The third-order valence-electron chi connectivity index (χ3n) is 2.91.